The number of ether oxygens (including phenoxy) is 1. The third kappa shape index (κ3) is 3.43. The number of benzene rings is 1. The molecule has 0 aliphatic carbocycles. The van der Waals surface area contributed by atoms with Crippen molar-refractivity contribution in [1.82, 2.24) is 5.32 Å². The summed E-state index contributed by atoms with van der Waals surface area (Å²) < 4.78 is 5.21. The fourth-order valence-corrected chi connectivity index (χ4v) is 1.33. The van der Waals surface area contributed by atoms with Crippen molar-refractivity contribution in [2.75, 3.05) is 7.05 Å². The van der Waals surface area contributed by atoms with Gasteiger partial charge in [-0.1, -0.05) is 6.07 Å². The molecule has 0 aliphatic rings. The number of nitro groups is 1. The van der Waals surface area contributed by atoms with E-state index in [4.69, 9.17) is 10.00 Å². The Balaban J connectivity index is 3.07. The molecule has 0 spiro atoms. The first-order valence-electron chi connectivity index (χ1n) is 5.06. The van der Waals surface area contributed by atoms with E-state index in [1.807, 2.05) is 6.07 Å². The van der Waals surface area contributed by atoms with Gasteiger partial charge in [0.2, 0.25) is 0 Å². The summed E-state index contributed by atoms with van der Waals surface area (Å²) in [6, 6.07) is 6.47. The highest BCUT2D eigenvalue weighted by atomic mass is 16.6. The third-order valence-corrected chi connectivity index (χ3v) is 2.09. The van der Waals surface area contributed by atoms with E-state index in [1.54, 1.807) is 19.2 Å². The van der Waals surface area contributed by atoms with Crippen molar-refractivity contribution in [2.45, 2.75) is 19.6 Å². The highest BCUT2D eigenvalue weighted by Crippen LogP contribution is 2.28. The largest absolute Gasteiger partial charge is 0.469 e. The Morgan fingerprint density at radius 2 is 2.35 bits per heavy atom. The summed E-state index contributed by atoms with van der Waals surface area (Å²) in [5.74, 6) is 0.122. The molecule has 1 atom stereocenters. The summed E-state index contributed by atoms with van der Waals surface area (Å²) in [5, 5.41) is 22.4. The molecule has 1 N–H and O–H groups in total. The summed E-state index contributed by atoms with van der Waals surface area (Å²) in [6.07, 6.45) is -0.724. The summed E-state index contributed by atoms with van der Waals surface area (Å²) in [7, 11) is 1.78. The Bertz CT molecular complexity index is 454. The first-order valence-corrected chi connectivity index (χ1v) is 5.06. The van der Waals surface area contributed by atoms with Gasteiger partial charge in [-0.15, -0.1) is 0 Å². The SMILES string of the molecule is CNCc1ccc([N+](=O)[O-])c(OC(C)C#N)c1. The van der Waals surface area contributed by atoms with Gasteiger partial charge in [0.1, 0.15) is 6.07 Å². The van der Waals surface area contributed by atoms with E-state index < -0.39 is 11.0 Å². The summed E-state index contributed by atoms with van der Waals surface area (Å²) in [4.78, 5) is 10.3. The molecular formula is C11H13N3O3. The molecule has 0 saturated carbocycles. The molecule has 0 bridgehead atoms. The minimum atomic E-state index is -0.724. The topological polar surface area (TPSA) is 88.2 Å². The molecule has 1 rings (SSSR count). The predicted molar refractivity (Wildman–Crippen MR) is 61.6 cm³/mol. The molecule has 0 aromatic heterocycles. The van der Waals surface area contributed by atoms with Gasteiger partial charge in [-0.05, 0) is 25.6 Å². The lowest BCUT2D eigenvalue weighted by atomic mass is 10.2. The van der Waals surface area contributed by atoms with Crippen LogP contribution in [0.3, 0.4) is 0 Å². The maximum atomic E-state index is 10.8. The second kappa shape index (κ2) is 5.82. The Kier molecular flexibility index (Phi) is 4.43. The van der Waals surface area contributed by atoms with Crippen molar-refractivity contribution < 1.29 is 9.66 Å². The lowest BCUT2D eigenvalue weighted by Crippen LogP contribution is -2.11. The lowest BCUT2D eigenvalue weighted by molar-refractivity contribution is -0.386. The van der Waals surface area contributed by atoms with Gasteiger partial charge in [0.15, 0.2) is 11.9 Å². The lowest BCUT2D eigenvalue weighted by Gasteiger charge is -2.09. The van der Waals surface area contributed by atoms with Crippen LogP contribution < -0.4 is 10.1 Å². The van der Waals surface area contributed by atoms with Gasteiger partial charge in [0.25, 0.3) is 0 Å². The number of hydrogen-bond donors (Lipinski definition) is 1. The van der Waals surface area contributed by atoms with E-state index in [9.17, 15) is 10.1 Å². The zero-order valence-electron chi connectivity index (χ0n) is 9.64. The molecule has 0 heterocycles. The van der Waals surface area contributed by atoms with Gasteiger partial charge in [-0.3, -0.25) is 10.1 Å². The fourth-order valence-electron chi connectivity index (χ4n) is 1.33. The van der Waals surface area contributed by atoms with Crippen molar-refractivity contribution in [2.24, 2.45) is 0 Å². The molecule has 90 valence electrons. The van der Waals surface area contributed by atoms with Crippen molar-refractivity contribution >= 4 is 5.69 Å². The quantitative estimate of drug-likeness (QED) is 0.618. The molecular weight excluding hydrogens is 222 g/mol. The van der Waals surface area contributed by atoms with Crippen LogP contribution in [-0.4, -0.2) is 18.1 Å². The first kappa shape index (κ1) is 12.9. The van der Waals surface area contributed by atoms with E-state index in [0.29, 0.717) is 6.54 Å². The van der Waals surface area contributed by atoms with Gasteiger partial charge >= 0.3 is 5.69 Å². The van der Waals surface area contributed by atoms with Crippen LogP contribution in [0.4, 0.5) is 5.69 Å². The van der Waals surface area contributed by atoms with Crippen LogP contribution >= 0.6 is 0 Å². The van der Waals surface area contributed by atoms with Crippen molar-refractivity contribution in [3.05, 3.63) is 33.9 Å². The standard InChI is InChI=1S/C11H13N3O3/c1-8(6-12)17-11-5-9(7-13-2)3-4-10(11)14(15)16/h3-5,8,13H,7H2,1-2H3. The van der Waals surface area contributed by atoms with E-state index in [1.165, 1.54) is 13.0 Å². The number of rotatable bonds is 5. The van der Waals surface area contributed by atoms with Gasteiger partial charge in [0.05, 0.1) is 4.92 Å². The van der Waals surface area contributed by atoms with Crippen molar-refractivity contribution in [1.29, 1.82) is 5.26 Å². The van der Waals surface area contributed by atoms with Crippen LogP contribution in [0.1, 0.15) is 12.5 Å². The van der Waals surface area contributed by atoms with Gasteiger partial charge in [0, 0.05) is 12.6 Å². The summed E-state index contributed by atoms with van der Waals surface area (Å²) in [5.41, 5.74) is 0.727. The Morgan fingerprint density at radius 1 is 1.65 bits per heavy atom. The minimum Gasteiger partial charge on any atom is -0.469 e. The minimum absolute atomic E-state index is 0.122. The Labute approximate surface area is 99.0 Å². The van der Waals surface area contributed by atoms with Crippen molar-refractivity contribution in [3.63, 3.8) is 0 Å². The number of nitriles is 1. The molecule has 6 nitrogen and oxygen atoms in total. The summed E-state index contributed by atoms with van der Waals surface area (Å²) in [6.45, 7) is 2.11. The zero-order valence-corrected chi connectivity index (χ0v) is 9.64. The van der Waals surface area contributed by atoms with Crippen LogP contribution in [0.15, 0.2) is 18.2 Å². The van der Waals surface area contributed by atoms with E-state index in [-0.39, 0.29) is 11.4 Å². The van der Waals surface area contributed by atoms with Crippen LogP contribution in [0.5, 0.6) is 5.75 Å². The second-order valence-electron chi connectivity index (χ2n) is 3.48. The monoisotopic (exact) mass is 235 g/mol. The van der Waals surface area contributed by atoms with E-state index >= 15 is 0 Å². The Morgan fingerprint density at radius 3 is 2.88 bits per heavy atom. The van der Waals surface area contributed by atoms with Crippen LogP contribution in [0.25, 0.3) is 0 Å². The van der Waals surface area contributed by atoms with Crippen LogP contribution in [-0.2, 0) is 6.54 Å². The number of nitrogens with one attached hydrogen (secondary N) is 1. The highest BCUT2D eigenvalue weighted by Gasteiger charge is 2.17. The smallest absolute Gasteiger partial charge is 0.310 e. The van der Waals surface area contributed by atoms with Gasteiger partial charge < -0.3 is 10.1 Å². The maximum absolute atomic E-state index is 10.8. The zero-order chi connectivity index (χ0) is 12.8. The first-order chi connectivity index (χ1) is 8.08. The molecule has 0 radical (unpaired) electrons. The molecule has 1 unspecified atom stereocenters. The predicted octanol–water partition coefficient (Wildman–Crippen LogP) is 1.61. The molecule has 6 heteroatoms. The van der Waals surface area contributed by atoms with Crippen LogP contribution in [0.2, 0.25) is 0 Å². The van der Waals surface area contributed by atoms with Crippen LogP contribution in [0, 0.1) is 21.4 Å². The average molecular weight is 235 g/mol. The molecule has 17 heavy (non-hydrogen) atoms. The third-order valence-electron chi connectivity index (χ3n) is 2.09. The normalized spacial score (nSPS) is 11.6. The molecule has 0 aliphatic heterocycles. The number of nitrogens with zero attached hydrogens (tertiary/aromatic N) is 2. The molecule has 1 aromatic rings. The molecule has 0 amide bonds. The average Bonchev–Trinajstić information content (AvgIpc) is 2.29. The number of hydrogen-bond acceptors (Lipinski definition) is 5. The summed E-state index contributed by atoms with van der Waals surface area (Å²) >= 11 is 0. The maximum Gasteiger partial charge on any atom is 0.310 e. The molecule has 0 fully saturated rings. The van der Waals surface area contributed by atoms with E-state index in [0.717, 1.165) is 5.56 Å². The molecule has 1 aromatic carbocycles. The van der Waals surface area contributed by atoms with E-state index in [2.05, 4.69) is 5.32 Å². The second-order valence-corrected chi connectivity index (χ2v) is 3.48. The highest BCUT2D eigenvalue weighted by molar-refractivity contribution is 5.48. The van der Waals surface area contributed by atoms with Gasteiger partial charge in [-0.2, -0.15) is 5.26 Å². The van der Waals surface area contributed by atoms with Crippen molar-refractivity contribution in [3.8, 4) is 11.8 Å². The molecule has 0 saturated heterocycles. The Hall–Kier alpha value is -2.13. The number of nitro benzene ring substituents is 1. The van der Waals surface area contributed by atoms with Gasteiger partial charge in [-0.25, -0.2) is 0 Å². The fraction of sp³-hybridized carbons (Fsp3) is 0.364.